The quantitative estimate of drug-likeness (QED) is 0.350. The fourth-order valence-electron chi connectivity index (χ4n) is 4.06. The lowest BCUT2D eigenvalue weighted by molar-refractivity contribution is -0.140. The number of rotatable bonds is 13. The molecule has 39 heavy (non-hydrogen) atoms. The smallest absolute Gasteiger partial charge is 0.304 e. The number of carbonyl (C=O) groups excluding carboxylic acids is 2. The molecule has 0 fully saturated rings. The number of anilines is 1. The molecular weight excluding hydrogens is 519 g/mol. The molecule has 0 heterocycles. The number of amides is 2. The van der Waals surface area contributed by atoms with Gasteiger partial charge in [0.25, 0.3) is 0 Å². The standard InChI is InChI=1S/C29H35FN4O4S/c1-4-19-31-29(36)27(20-23-13-7-5-8-14-23)33(21-24-15-9-6-10-16-24)28(35)22-34(39(37,38)32(2)3)26-18-12-11-17-25(26)30/h5-18,27H,4,19-22H2,1-3H3,(H,31,36)/t27-/m1/s1. The Morgan fingerprint density at radius 2 is 1.44 bits per heavy atom. The van der Waals surface area contributed by atoms with E-state index in [0.717, 1.165) is 25.8 Å². The van der Waals surface area contributed by atoms with Crippen molar-refractivity contribution in [3.8, 4) is 0 Å². The Labute approximate surface area is 230 Å². The van der Waals surface area contributed by atoms with E-state index in [2.05, 4.69) is 5.32 Å². The summed E-state index contributed by atoms with van der Waals surface area (Å²) < 4.78 is 43.0. The number of benzene rings is 3. The molecule has 3 aromatic rings. The summed E-state index contributed by atoms with van der Waals surface area (Å²) >= 11 is 0. The molecule has 0 aliphatic heterocycles. The van der Waals surface area contributed by atoms with Gasteiger partial charge in [0.2, 0.25) is 11.8 Å². The summed E-state index contributed by atoms with van der Waals surface area (Å²) in [5.41, 5.74) is 1.35. The molecule has 2 amide bonds. The third-order valence-electron chi connectivity index (χ3n) is 6.16. The number of nitrogens with one attached hydrogen (secondary N) is 1. The molecule has 1 N–H and O–H groups in total. The summed E-state index contributed by atoms with van der Waals surface area (Å²) in [6.07, 6.45) is 0.924. The predicted octanol–water partition coefficient (Wildman–Crippen LogP) is 3.60. The van der Waals surface area contributed by atoms with Crippen LogP contribution in [-0.4, -0.2) is 62.7 Å². The monoisotopic (exact) mass is 554 g/mol. The molecule has 0 aliphatic carbocycles. The van der Waals surface area contributed by atoms with Crippen molar-refractivity contribution >= 4 is 27.7 Å². The molecule has 1 atom stereocenters. The third kappa shape index (κ3) is 7.87. The fourth-order valence-corrected chi connectivity index (χ4v) is 5.12. The molecule has 0 aliphatic rings. The Balaban J connectivity index is 2.07. The highest BCUT2D eigenvalue weighted by Gasteiger charge is 2.35. The second-order valence-electron chi connectivity index (χ2n) is 9.25. The van der Waals surface area contributed by atoms with Crippen LogP contribution in [0.4, 0.5) is 10.1 Å². The Morgan fingerprint density at radius 3 is 2.00 bits per heavy atom. The first kappa shape index (κ1) is 29.8. The van der Waals surface area contributed by atoms with Gasteiger partial charge in [0, 0.05) is 33.6 Å². The van der Waals surface area contributed by atoms with Gasteiger partial charge in [0.05, 0.1) is 5.69 Å². The van der Waals surface area contributed by atoms with Crippen molar-refractivity contribution in [1.82, 2.24) is 14.5 Å². The van der Waals surface area contributed by atoms with E-state index in [1.807, 2.05) is 67.6 Å². The second kappa shape index (κ2) is 13.9. The molecule has 0 aromatic heterocycles. The highest BCUT2D eigenvalue weighted by atomic mass is 32.2. The average Bonchev–Trinajstić information content (AvgIpc) is 2.93. The summed E-state index contributed by atoms with van der Waals surface area (Å²) in [5.74, 6) is -1.77. The van der Waals surface area contributed by atoms with E-state index in [9.17, 15) is 22.4 Å². The zero-order chi connectivity index (χ0) is 28.4. The normalized spacial score (nSPS) is 12.1. The molecular formula is C29H35FN4O4S. The summed E-state index contributed by atoms with van der Waals surface area (Å²) in [7, 11) is -1.63. The maximum absolute atomic E-state index is 14.8. The zero-order valence-electron chi connectivity index (χ0n) is 22.5. The number of para-hydroxylation sites is 1. The molecule has 208 valence electrons. The van der Waals surface area contributed by atoms with Gasteiger partial charge in [-0.2, -0.15) is 12.7 Å². The third-order valence-corrected chi connectivity index (χ3v) is 7.96. The molecule has 0 spiro atoms. The van der Waals surface area contributed by atoms with Crippen LogP contribution in [0.25, 0.3) is 0 Å². The van der Waals surface area contributed by atoms with Crippen molar-refractivity contribution in [2.45, 2.75) is 32.4 Å². The van der Waals surface area contributed by atoms with Crippen LogP contribution in [0.3, 0.4) is 0 Å². The van der Waals surface area contributed by atoms with Crippen molar-refractivity contribution in [3.63, 3.8) is 0 Å². The average molecular weight is 555 g/mol. The second-order valence-corrected chi connectivity index (χ2v) is 11.3. The molecule has 0 unspecified atom stereocenters. The highest BCUT2D eigenvalue weighted by Crippen LogP contribution is 2.24. The predicted molar refractivity (Wildman–Crippen MR) is 151 cm³/mol. The summed E-state index contributed by atoms with van der Waals surface area (Å²) in [6, 6.07) is 22.9. The number of hydrogen-bond acceptors (Lipinski definition) is 4. The topological polar surface area (TPSA) is 90.0 Å². The van der Waals surface area contributed by atoms with E-state index in [4.69, 9.17) is 0 Å². The highest BCUT2D eigenvalue weighted by molar-refractivity contribution is 7.90. The largest absolute Gasteiger partial charge is 0.354 e. The number of carbonyl (C=O) groups is 2. The van der Waals surface area contributed by atoms with E-state index in [0.29, 0.717) is 13.0 Å². The summed E-state index contributed by atoms with van der Waals surface area (Å²) in [6.45, 7) is 1.72. The van der Waals surface area contributed by atoms with Crippen molar-refractivity contribution in [2.75, 3.05) is 31.5 Å². The van der Waals surface area contributed by atoms with Crippen molar-refractivity contribution in [2.24, 2.45) is 0 Å². The van der Waals surface area contributed by atoms with Crippen LogP contribution in [0.5, 0.6) is 0 Å². The SMILES string of the molecule is CCCNC(=O)[C@@H](Cc1ccccc1)N(Cc1ccccc1)C(=O)CN(c1ccccc1F)S(=O)(=O)N(C)C. The van der Waals surface area contributed by atoms with Crippen molar-refractivity contribution in [1.29, 1.82) is 0 Å². The van der Waals surface area contributed by atoms with Crippen LogP contribution in [-0.2, 0) is 32.8 Å². The van der Waals surface area contributed by atoms with E-state index >= 15 is 0 Å². The van der Waals surface area contributed by atoms with Gasteiger partial charge in [-0.1, -0.05) is 79.7 Å². The minimum absolute atomic E-state index is 0.0594. The Hall–Kier alpha value is -3.76. The van der Waals surface area contributed by atoms with Gasteiger partial charge < -0.3 is 10.2 Å². The minimum Gasteiger partial charge on any atom is -0.354 e. The van der Waals surface area contributed by atoms with Gasteiger partial charge in [-0.25, -0.2) is 8.70 Å². The number of nitrogens with zero attached hydrogens (tertiary/aromatic N) is 3. The lowest BCUT2D eigenvalue weighted by Gasteiger charge is -2.34. The minimum atomic E-state index is -4.26. The van der Waals surface area contributed by atoms with Gasteiger partial charge in [-0.3, -0.25) is 9.59 Å². The molecule has 3 rings (SSSR count). The first-order chi connectivity index (χ1) is 18.6. The van der Waals surface area contributed by atoms with E-state index < -0.39 is 34.5 Å². The van der Waals surface area contributed by atoms with Crippen LogP contribution < -0.4 is 9.62 Å². The number of hydrogen-bond donors (Lipinski definition) is 1. The van der Waals surface area contributed by atoms with Crippen LogP contribution in [0.1, 0.15) is 24.5 Å². The van der Waals surface area contributed by atoms with E-state index in [-0.39, 0.29) is 24.6 Å². The van der Waals surface area contributed by atoms with Gasteiger partial charge in [-0.05, 0) is 29.7 Å². The number of halogens is 1. The van der Waals surface area contributed by atoms with Crippen LogP contribution in [0.15, 0.2) is 84.9 Å². The Kier molecular flexibility index (Phi) is 10.6. The lowest BCUT2D eigenvalue weighted by Crippen LogP contribution is -2.54. The van der Waals surface area contributed by atoms with Crippen molar-refractivity contribution in [3.05, 3.63) is 102 Å². The molecule has 0 radical (unpaired) electrons. The molecule has 3 aromatic carbocycles. The Bertz CT molecular complexity index is 1340. The maximum atomic E-state index is 14.8. The van der Waals surface area contributed by atoms with Crippen LogP contribution in [0, 0.1) is 5.82 Å². The zero-order valence-corrected chi connectivity index (χ0v) is 23.3. The van der Waals surface area contributed by atoms with Crippen LogP contribution in [0.2, 0.25) is 0 Å². The fraction of sp³-hybridized carbons (Fsp3) is 0.310. The van der Waals surface area contributed by atoms with Gasteiger partial charge >= 0.3 is 10.2 Å². The van der Waals surface area contributed by atoms with Gasteiger partial charge in [0.15, 0.2) is 0 Å². The molecule has 0 saturated carbocycles. The maximum Gasteiger partial charge on any atom is 0.304 e. The molecule has 0 saturated heterocycles. The molecule has 8 nitrogen and oxygen atoms in total. The van der Waals surface area contributed by atoms with Crippen molar-refractivity contribution < 1.29 is 22.4 Å². The van der Waals surface area contributed by atoms with E-state index in [1.165, 1.54) is 37.2 Å². The summed E-state index contributed by atoms with van der Waals surface area (Å²) in [4.78, 5) is 28.9. The van der Waals surface area contributed by atoms with E-state index in [1.54, 1.807) is 0 Å². The van der Waals surface area contributed by atoms with Gasteiger partial charge in [-0.15, -0.1) is 0 Å². The molecule has 0 bridgehead atoms. The first-order valence-corrected chi connectivity index (χ1v) is 14.1. The van der Waals surface area contributed by atoms with Gasteiger partial charge in [0.1, 0.15) is 18.4 Å². The Morgan fingerprint density at radius 1 is 0.872 bits per heavy atom. The lowest BCUT2D eigenvalue weighted by atomic mass is 10.0. The first-order valence-electron chi connectivity index (χ1n) is 12.7. The summed E-state index contributed by atoms with van der Waals surface area (Å²) in [5, 5.41) is 2.88. The molecule has 10 heteroatoms. The van der Waals surface area contributed by atoms with Crippen LogP contribution >= 0.6 is 0 Å².